The summed E-state index contributed by atoms with van der Waals surface area (Å²) in [5.74, 6) is -1.32. The smallest absolute Gasteiger partial charge is 0.292 e. The number of carbonyl (C=O) groups is 1. The number of benzene rings is 2. The Morgan fingerprint density at radius 2 is 2.00 bits per heavy atom. The summed E-state index contributed by atoms with van der Waals surface area (Å²) in [5, 5.41) is 22.3. The van der Waals surface area contributed by atoms with Gasteiger partial charge in [0.1, 0.15) is 23.1 Å². The summed E-state index contributed by atoms with van der Waals surface area (Å²) in [5.41, 5.74) is -0.278. The third-order valence-electron chi connectivity index (χ3n) is 2.87. The molecule has 7 heteroatoms. The van der Waals surface area contributed by atoms with Crippen LogP contribution in [0.25, 0.3) is 6.08 Å². The van der Waals surface area contributed by atoms with Crippen LogP contribution in [0.2, 0.25) is 0 Å². The van der Waals surface area contributed by atoms with Gasteiger partial charge in [0.15, 0.2) is 0 Å². The van der Waals surface area contributed by atoms with Crippen LogP contribution in [-0.2, 0) is 4.79 Å². The largest absolute Gasteiger partial charge is 0.316 e. The highest BCUT2D eigenvalue weighted by molar-refractivity contribution is 6.10. The van der Waals surface area contributed by atoms with Crippen LogP contribution in [-0.4, -0.2) is 10.8 Å². The van der Waals surface area contributed by atoms with E-state index in [1.807, 2.05) is 0 Å². The monoisotopic (exact) mass is 311 g/mol. The van der Waals surface area contributed by atoms with Crippen LogP contribution in [0.1, 0.15) is 5.56 Å². The van der Waals surface area contributed by atoms with E-state index in [0.29, 0.717) is 5.56 Å². The van der Waals surface area contributed by atoms with Crippen LogP contribution in [0.4, 0.5) is 15.8 Å². The minimum Gasteiger partial charge on any atom is -0.316 e. The number of nitrogens with zero attached hydrogens (tertiary/aromatic N) is 2. The van der Waals surface area contributed by atoms with E-state index >= 15 is 0 Å². The van der Waals surface area contributed by atoms with Crippen LogP contribution < -0.4 is 5.32 Å². The zero-order chi connectivity index (χ0) is 16.8. The van der Waals surface area contributed by atoms with Gasteiger partial charge in [-0.2, -0.15) is 5.26 Å². The lowest BCUT2D eigenvalue weighted by Gasteiger charge is -2.05. The number of nitrogens with one attached hydrogen (secondary N) is 1. The molecule has 0 aliphatic rings. The number of nitriles is 1. The molecule has 6 nitrogen and oxygen atoms in total. The fraction of sp³-hybridized carbons (Fsp3) is 0. The lowest BCUT2D eigenvalue weighted by atomic mass is 10.1. The number of carbonyl (C=O) groups excluding carboxylic acids is 1. The Bertz CT molecular complexity index is 840. The summed E-state index contributed by atoms with van der Waals surface area (Å²) in [4.78, 5) is 22.4. The average Bonchev–Trinajstić information content (AvgIpc) is 2.53. The second-order valence-corrected chi connectivity index (χ2v) is 4.45. The number of rotatable bonds is 4. The molecule has 0 saturated carbocycles. The van der Waals surface area contributed by atoms with E-state index in [1.54, 1.807) is 6.07 Å². The molecule has 0 aliphatic heterocycles. The number of nitro benzene ring substituents is 1. The Kier molecular flexibility index (Phi) is 4.79. The van der Waals surface area contributed by atoms with E-state index < -0.39 is 16.6 Å². The molecule has 0 fully saturated rings. The van der Waals surface area contributed by atoms with Crippen molar-refractivity contribution in [1.29, 1.82) is 5.26 Å². The molecule has 0 bridgehead atoms. The van der Waals surface area contributed by atoms with E-state index in [2.05, 4.69) is 5.32 Å². The zero-order valence-electron chi connectivity index (χ0n) is 11.7. The van der Waals surface area contributed by atoms with Crippen molar-refractivity contribution >= 4 is 23.4 Å². The molecule has 23 heavy (non-hydrogen) atoms. The summed E-state index contributed by atoms with van der Waals surface area (Å²) < 4.78 is 13.1. The summed E-state index contributed by atoms with van der Waals surface area (Å²) in [6, 6.07) is 12.6. The second-order valence-electron chi connectivity index (χ2n) is 4.45. The van der Waals surface area contributed by atoms with Crippen LogP contribution in [0, 0.1) is 27.3 Å². The minimum atomic E-state index is -0.814. The van der Waals surface area contributed by atoms with Crippen molar-refractivity contribution in [2.75, 3.05) is 5.32 Å². The fourth-order valence-electron chi connectivity index (χ4n) is 1.84. The molecule has 0 aromatic heterocycles. The predicted octanol–water partition coefficient (Wildman–Crippen LogP) is 3.28. The SMILES string of the molecule is N#C/C(=C\c1cccc(F)c1)C(=O)Nc1ccccc1[N+](=O)[O-]. The van der Waals surface area contributed by atoms with Gasteiger partial charge in [-0.05, 0) is 29.8 Å². The molecule has 0 unspecified atom stereocenters. The number of hydrogen-bond donors (Lipinski definition) is 1. The van der Waals surface area contributed by atoms with Crippen molar-refractivity contribution in [2.24, 2.45) is 0 Å². The predicted molar refractivity (Wildman–Crippen MR) is 81.7 cm³/mol. The first-order valence-corrected chi connectivity index (χ1v) is 6.43. The maximum atomic E-state index is 13.1. The van der Waals surface area contributed by atoms with E-state index in [9.17, 15) is 19.3 Å². The maximum Gasteiger partial charge on any atom is 0.292 e. The van der Waals surface area contributed by atoms with Crippen molar-refractivity contribution in [3.05, 3.63) is 75.6 Å². The fourth-order valence-corrected chi connectivity index (χ4v) is 1.84. The molecular weight excluding hydrogens is 301 g/mol. The molecule has 0 saturated heterocycles. The van der Waals surface area contributed by atoms with E-state index in [1.165, 1.54) is 48.5 Å². The lowest BCUT2D eigenvalue weighted by Crippen LogP contribution is -2.14. The number of para-hydroxylation sites is 2. The first-order valence-electron chi connectivity index (χ1n) is 6.43. The Morgan fingerprint density at radius 3 is 2.65 bits per heavy atom. The maximum absolute atomic E-state index is 13.1. The first-order chi connectivity index (χ1) is 11.0. The van der Waals surface area contributed by atoms with E-state index in [4.69, 9.17) is 5.26 Å². The summed E-state index contributed by atoms with van der Waals surface area (Å²) in [7, 11) is 0. The molecule has 2 aromatic carbocycles. The highest BCUT2D eigenvalue weighted by Gasteiger charge is 2.17. The number of anilines is 1. The normalized spacial score (nSPS) is 10.7. The molecule has 1 N–H and O–H groups in total. The number of halogens is 1. The standard InChI is InChI=1S/C16H10FN3O3/c17-13-5-3-4-11(9-13)8-12(10-18)16(21)19-14-6-1-2-7-15(14)20(22)23/h1-9H,(H,19,21)/b12-8+. The molecule has 0 spiro atoms. The van der Waals surface area contributed by atoms with Gasteiger partial charge in [0.05, 0.1) is 4.92 Å². The number of hydrogen-bond acceptors (Lipinski definition) is 4. The van der Waals surface area contributed by atoms with Crippen molar-refractivity contribution in [1.82, 2.24) is 0 Å². The third kappa shape index (κ3) is 3.98. The van der Waals surface area contributed by atoms with Gasteiger partial charge in [0.25, 0.3) is 11.6 Å². The van der Waals surface area contributed by atoms with Gasteiger partial charge in [-0.1, -0.05) is 24.3 Å². The summed E-state index contributed by atoms with van der Waals surface area (Å²) in [6.45, 7) is 0. The van der Waals surface area contributed by atoms with Gasteiger partial charge in [-0.25, -0.2) is 4.39 Å². The Morgan fingerprint density at radius 1 is 1.26 bits per heavy atom. The topological polar surface area (TPSA) is 96.0 Å². The molecular formula is C16H10FN3O3. The molecule has 2 rings (SSSR count). The highest BCUT2D eigenvalue weighted by atomic mass is 19.1. The van der Waals surface area contributed by atoms with Crippen LogP contribution in [0.15, 0.2) is 54.1 Å². The van der Waals surface area contributed by atoms with Gasteiger partial charge in [0.2, 0.25) is 0 Å². The average molecular weight is 311 g/mol. The first kappa shape index (κ1) is 15.9. The van der Waals surface area contributed by atoms with E-state index in [0.717, 1.165) is 6.07 Å². The van der Waals surface area contributed by atoms with Crippen LogP contribution >= 0.6 is 0 Å². The Hall–Kier alpha value is -3.53. The van der Waals surface area contributed by atoms with Crippen molar-refractivity contribution < 1.29 is 14.1 Å². The molecule has 0 aliphatic carbocycles. The van der Waals surface area contributed by atoms with E-state index in [-0.39, 0.29) is 16.9 Å². The molecule has 114 valence electrons. The number of amides is 1. The zero-order valence-corrected chi connectivity index (χ0v) is 11.7. The summed E-state index contributed by atoms with van der Waals surface area (Å²) >= 11 is 0. The number of nitro groups is 1. The molecule has 0 radical (unpaired) electrons. The van der Waals surface area contributed by atoms with Crippen molar-refractivity contribution in [3.63, 3.8) is 0 Å². The van der Waals surface area contributed by atoms with Gasteiger partial charge < -0.3 is 5.32 Å². The second kappa shape index (κ2) is 6.95. The molecule has 0 atom stereocenters. The van der Waals surface area contributed by atoms with Gasteiger partial charge >= 0.3 is 0 Å². The Balaban J connectivity index is 2.29. The third-order valence-corrected chi connectivity index (χ3v) is 2.87. The van der Waals surface area contributed by atoms with Crippen molar-refractivity contribution in [3.8, 4) is 6.07 Å². The quantitative estimate of drug-likeness (QED) is 0.405. The van der Waals surface area contributed by atoms with Gasteiger partial charge in [-0.3, -0.25) is 14.9 Å². The molecule has 0 heterocycles. The van der Waals surface area contributed by atoms with Crippen molar-refractivity contribution in [2.45, 2.75) is 0 Å². The van der Waals surface area contributed by atoms with Crippen LogP contribution in [0.5, 0.6) is 0 Å². The van der Waals surface area contributed by atoms with Crippen LogP contribution in [0.3, 0.4) is 0 Å². The van der Waals surface area contributed by atoms with Gasteiger partial charge in [-0.15, -0.1) is 0 Å². The Labute approximate surface area is 130 Å². The molecule has 2 aromatic rings. The highest BCUT2D eigenvalue weighted by Crippen LogP contribution is 2.23. The minimum absolute atomic E-state index is 0.0251. The molecule has 1 amide bonds. The van der Waals surface area contributed by atoms with Gasteiger partial charge in [0, 0.05) is 6.07 Å². The lowest BCUT2D eigenvalue weighted by molar-refractivity contribution is -0.383. The summed E-state index contributed by atoms with van der Waals surface area (Å²) in [6.07, 6.45) is 1.20.